The van der Waals surface area contributed by atoms with Crippen molar-refractivity contribution in [1.82, 2.24) is 34.8 Å². The summed E-state index contributed by atoms with van der Waals surface area (Å²) in [5.74, 6) is 0.141. The van der Waals surface area contributed by atoms with Crippen LogP contribution in [-0.2, 0) is 10.0 Å². The first-order chi connectivity index (χ1) is 17.7. The highest BCUT2D eigenvalue weighted by Crippen LogP contribution is 2.40. The number of sulfonamides is 1. The van der Waals surface area contributed by atoms with Crippen molar-refractivity contribution in [3.8, 4) is 11.2 Å². The van der Waals surface area contributed by atoms with Crippen molar-refractivity contribution in [1.29, 1.82) is 5.26 Å². The van der Waals surface area contributed by atoms with Gasteiger partial charge in [-0.05, 0) is 51.3 Å². The lowest BCUT2D eigenvalue weighted by molar-refractivity contribution is 0.150. The number of fused-ring (bicyclic) bond motifs is 3. The van der Waals surface area contributed by atoms with Gasteiger partial charge >= 0.3 is 0 Å². The summed E-state index contributed by atoms with van der Waals surface area (Å²) in [5, 5.41) is 21.5. The number of aromatic nitrogens is 5. The first-order valence-corrected chi connectivity index (χ1v) is 14.1. The molecule has 0 spiro atoms. The highest BCUT2D eigenvalue weighted by atomic mass is 32.2. The molecule has 4 aromatic rings. The zero-order chi connectivity index (χ0) is 25.9. The minimum atomic E-state index is -4.02. The molecule has 192 valence electrons. The number of halogens is 2. The molecular weight excluding hydrogens is 522 g/mol. The minimum absolute atomic E-state index is 0.0471. The van der Waals surface area contributed by atoms with Gasteiger partial charge in [0, 0.05) is 22.7 Å². The van der Waals surface area contributed by atoms with Gasteiger partial charge in [-0.1, -0.05) is 17.4 Å². The van der Waals surface area contributed by atoms with Gasteiger partial charge in [-0.3, -0.25) is 4.57 Å². The van der Waals surface area contributed by atoms with Crippen LogP contribution in [0.5, 0.6) is 0 Å². The summed E-state index contributed by atoms with van der Waals surface area (Å²) in [6.07, 6.45) is 1.27. The molecule has 2 N–H and O–H groups in total. The summed E-state index contributed by atoms with van der Waals surface area (Å²) in [7, 11) is -4.02. The molecule has 1 saturated carbocycles. The van der Waals surface area contributed by atoms with Crippen molar-refractivity contribution in [2.75, 3.05) is 6.54 Å². The maximum Gasteiger partial charge on any atom is 0.291 e. The first kappa shape index (κ1) is 24.2. The van der Waals surface area contributed by atoms with Crippen molar-refractivity contribution in [2.24, 2.45) is 0 Å². The molecule has 1 aliphatic carbocycles. The molecule has 1 aliphatic heterocycles. The smallest absolute Gasteiger partial charge is 0.291 e. The number of nitrogens with zero attached hydrogens (tertiary/aromatic N) is 6. The molecule has 0 bridgehead atoms. The van der Waals surface area contributed by atoms with Crippen molar-refractivity contribution in [3.63, 3.8) is 0 Å². The number of benzene rings is 1. The van der Waals surface area contributed by atoms with E-state index < -0.39 is 27.0 Å². The Morgan fingerprint density at radius 1 is 1.30 bits per heavy atom. The third-order valence-electron chi connectivity index (χ3n) is 6.97. The SMILES string of the molecule is C[C@H]1CC(c2ncnc3c2c2ccc(S(=O)(=O)NC4(C#N)CC4)cc2n3-c2nnc(C(F)F)s2)CCN1. The maximum atomic E-state index is 13.4. The summed E-state index contributed by atoms with van der Waals surface area (Å²) in [6, 6.07) is 6.95. The predicted molar refractivity (Wildman–Crippen MR) is 132 cm³/mol. The summed E-state index contributed by atoms with van der Waals surface area (Å²) in [4.78, 5) is 9.05. The zero-order valence-electron chi connectivity index (χ0n) is 19.6. The van der Waals surface area contributed by atoms with E-state index in [0.29, 0.717) is 35.4 Å². The normalized spacial score (nSPS) is 21.5. The molecule has 0 amide bonds. The fourth-order valence-corrected chi connectivity index (χ4v) is 7.08. The number of hydrogen-bond acceptors (Lipinski definition) is 9. The molecule has 1 saturated heterocycles. The molecule has 37 heavy (non-hydrogen) atoms. The second kappa shape index (κ2) is 8.73. The quantitative estimate of drug-likeness (QED) is 0.376. The van der Waals surface area contributed by atoms with E-state index in [2.05, 4.69) is 37.1 Å². The lowest BCUT2D eigenvalue weighted by Crippen LogP contribution is -2.35. The number of nitrogens with one attached hydrogen (secondary N) is 2. The van der Waals surface area contributed by atoms with E-state index in [1.807, 2.05) is 6.07 Å². The molecular formula is C23H22F2N8O2S2. The average molecular weight is 545 g/mol. The number of hydrogen-bond donors (Lipinski definition) is 2. The molecule has 3 aromatic heterocycles. The Morgan fingerprint density at radius 2 is 2.11 bits per heavy atom. The Hall–Kier alpha value is -3.12. The molecule has 1 aromatic carbocycles. The number of nitriles is 1. The van der Waals surface area contributed by atoms with Crippen molar-refractivity contribution in [3.05, 3.63) is 35.2 Å². The van der Waals surface area contributed by atoms with Crippen LogP contribution in [0.3, 0.4) is 0 Å². The van der Waals surface area contributed by atoms with Crippen LogP contribution in [0.1, 0.15) is 55.7 Å². The van der Waals surface area contributed by atoms with Crippen molar-refractivity contribution < 1.29 is 17.2 Å². The van der Waals surface area contributed by atoms with Gasteiger partial charge in [0.1, 0.15) is 11.9 Å². The zero-order valence-corrected chi connectivity index (χ0v) is 21.3. The van der Waals surface area contributed by atoms with Gasteiger partial charge in [0.05, 0.1) is 22.2 Å². The van der Waals surface area contributed by atoms with Crippen LogP contribution in [0.15, 0.2) is 29.4 Å². The van der Waals surface area contributed by atoms with E-state index >= 15 is 0 Å². The standard InChI is InChI=1S/C23H22F2N8O2S2/c1-12-8-13(4-7-27-12)18-17-15-3-2-14(37(34,35)32-23(10-26)5-6-23)9-16(15)33(20(17)29-11-28-18)22-31-30-21(36-22)19(24)25/h2-3,9,11-13,19,27,32H,4-8H2,1H3/t12-,13?/m0/s1. The van der Waals surface area contributed by atoms with Gasteiger partial charge in [0.2, 0.25) is 15.2 Å². The summed E-state index contributed by atoms with van der Waals surface area (Å²) in [6.45, 7) is 2.94. The number of rotatable bonds is 6. The van der Waals surface area contributed by atoms with E-state index in [0.717, 1.165) is 41.8 Å². The molecule has 2 atom stereocenters. The van der Waals surface area contributed by atoms with Crippen molar-refractivity contribution >= 4 is 43.3 Å². The summed E-state index contributed by atoms with van der Waals surface area (Å²) >= 11 is 0.719. The Morgan fingerprint density at radius 3 is 2.78 bits per heavy atom. The van der Waals surface area contributed by atoms with Crippen LogP contribution in [0.4, 0.5) is 8.78 Å². The Balaban J connectivity index is 1.59. The van der Waals surface area contributed by atoms with E-state index in [9.17, 15) is 22.5 Å². The van der Waals surface area contributed by atoms with Crippen molar-refractivity contribution in [2.45, 2.75) is 61.4 Å². The number of piperidine rings is 1. The van der Waals surface area contributed by atoms with E-state index in [1.54, 1.807) is 10.6 Å². The first-order valence-electron chi connectivity index (χ1n) is 11.8. The Kier molecular flexibility index (Phi) is 5.72. The minimum Gasteiger partial charge on any atom is -0.314 e. The highest BCUT2D eigenvalue weighted by molar-refractivity contribution is 7.89. The van der Waals surface area contributed by atoms with Crippen LogP contribution >= 0.6 is 11.3 Å². The topological polar surface area (TPSA) is 138 Å². The largest absolute Gasteiger partial charge is 0.314 e. The third-order valence-corrected chi connectivity index (χ3v) is 9.42. The van der Waals surface area contributed by atoms with Crippen LogP contribution in [-0.4, -0.2) is 51.3 Å². The third kappa shape index (κ3) is 4.15. The monoisotopic (exact) mass is 544 g/mol. The fraction of sp³-hybridized carbons (Fsp3) is 0.435. The molecule has 0 radical (unpaired) electrons. The van der Waals surface area contributed by atoms with E-state index in [-0.39, 0.29) is 15.9 Å². The Bertz CT molecular complexity index is 1670. The average Bonchev–Trinajstić information content (AvgIpc) is 3.32. The molecule has 6 rings (SSSR count). The fourth-order valence-electron chi connectivity index (χ4n) is 4.97. The Labute approximate surface area is 214 Å². The van der Waals surface area contributed by atoms with Crippen LogP contribution in [0.2, 0.25) is 0 Å². The van der Waals surface area contributed by atoms with E-state index in [4.69, 9.17) is 0 Å². The maximum absolute atomic E-state index is 13.4. The number of alkyl halides is 2. The highest BCUT2D eigenvalue weighted by Gasteiger charge is 2.47. The molecule has 4 heterocycles. The van der Waals surface area contributed by atoms with Gasteiger partial charge in [-0.15, -0.1) is 10.2 Å². The summed E-state index contributed by atoms with van der Waals surface area (Å²) in [5.41, 5.74) is 0.619. The lowest BCUT2D eigenvalue weighted by atomic mass is 9.88. The van der Waals surface area contributed by atoms with Gasteiger partial charge < -0.3 is 5.32 Å². The van der Waals surface area contributed by atoms with Gasteiger partial charge in [0.25, 0.3) is 6.43 Å². The van der Waals surface area contributed by atoms with Crippen LogP contribution in [0, 0.1) is 11.3 Å². The lowest BCUT2D eigenvalue weighted by Gasteiger charge is -2.27. The second-order valence-electron chi connectivity index (χ2n) is 9.57. The second-order valence-corrected chi connectivity index (χ2v) is 12.2. The van der Waals surface area contributed by atoms with Gasteiger partial charge in [0.15, 0.2) is 10.7 Å². The van der Waals surface area contributed by atoms with Gasteiger partial charge in [-0.2, -0.15) is 9.98 Å². The molecule has 10 nitrogen and oxygen atoms in total. The predicted octanol–water partition coefficient (Wildman–Crippen LogP) is 3.55. The molecule has 14 heteroatoms. The molecule has 2 fully saturated rings. The molecule has 2 aliphatic rings. The van der Waals surface area contributed by atoms with Crippen LogP contribution in [0.25, 0.3) is 27.1 Å². The summed E-state index contributed by atoms with van der Waals surface area (Å²) < 4.78 is 57.1. The van der Waals surface area contributed by atoms with E-state index in [1.165, 1.54) is 18.5 Å². The van der Waals surface area contributed by atoms with Crippen LogP contribution < -0.4 is 10.0 Å². The van der Waals surface area contributed by atoms with Gasteiger partial charge in [-0.25, -0.2) is 27.2 Å². The molecule has 1 unspecified atom stereocenters.